The number of nitrogens with zero attached hydrogens (tertiary/aromatic N) is 5. The average Bonchev–Trinajstić information content (AvgIpc) is 2.75. The van der Waals surface area contributed by atoms with Crippen molar-refractivity contribution >= 4 is 11.8 Å². The highest BCUT2D eigenvalue weighted by atomic mass is 16.5. The largest absolute Gasteiger partial charge is 0.378 e. The van der Waals surface area contributed by atoms with E-state index in [4.69, 9.17) is 9.72 Å². The Morgan fingerprint density at radius 2 is 1.62 bits per heavy atom. The zero-order valence-electron chi connectivity index (χ0n) is 15.4. The molecule has 2 saturated heterocycles. The van der Waals surface area contributed by atoms with Crippen LogP contribution in [-0.2, 0) is 4.74 Å². The number of piperazine rings is 1. The van der Waals surface area contributed by atoms with Gasteiger partial charge in [0, 0.05) is 51.5 Å². The molecule has 1 unspecified atom stereocenters. The smallest absolute Gasteiger partial charge is 0.227 e. The first kappa shape index (κ1) is 17.2. The Kier molecular flexibility index (Phi) is 5.32. The maximum Gasteiger partial charge on any atom is 0.227 e. The number of ether oxygens (including phenoxy) is 1. The van der Waals surface area contributed by atoms with Gasteiger partial charge in [0.1, 0.15) is 5.82 Å². The Morgan fingerprint density at radius 1 is 0.885 bits per heavy atom. The molecule has 4 rings (SSSR count). The Labute approximate surface area is 155 Å². The molecule has 6 nitrogen and oxygen atoms in total. The van der Waals surface area contributed by atoms with Gasteiger partial charge in [0.25, 0.3) is 0 Å². The van der Waals surface area contributed by atoms with E-state index in [0.29, 0.717) is 6.04 Å². The SMILES string of the molecule is CC(c1ccccc1)N1CCN(c2ccnc(N3CCOCC3)n2)CC1. The van der Waals surface area contributed by atoms with E-state index >= 15 is 0 Å². The van der Waals surface area contributed by atoms with E-state index < -0.39 is 0 Å². The lowest BCUT2D eigenvalue weighted by Crippen LogP contribution is -2.47. The van der Waals surface area contributed by atoms with Gasteiger partial charge in [-0.3, -0.25) is 4.90 Å². The zero-order valence-corrected chi connectivity index (χ0v) is 15.4. The van der Waals surface area contributed by atoms with Crippen molar-refractivity contribution in [3.05, 3.63) is 48.2 Å². The topological polar surface area (TPSA) is 44.7 Å². The third-order valence-electron chi connectivity index (χ3n) is 5.39. The second-order valence-corrected chi connectivity index (χ2v) is 6.92. The first-order chi connectivity index (χ1) is 12.8. The maximum atomic E-state index is 5.43. The fraction of sp³-hybridized carbons (Fsp3) is 0.500. The van der Waals surface area contributed by atoms with Crippen molar-refractivity contribution in [3.63, 3.8) is 0 Å². The maximum absolute atomic E-state index is 5.43. The molecule has 0 spiro atoms. The third-order valence-corrected chi connectivity index (χ3v) is 5.39. The van der Waals surface area contributed by atoms with E-state index in [1.165, 1.54) is 5.56 Å². The number of aromatic nitrogens is 2. The molecule has 2 aromatic rings. The molecule has 0 aliphatic carbocycles. The van der Waals surface area contributed by atoms with Gasteiger partial charge in [0.15, 0.2) is 0 Å². The van der Waals surface area contributed by atoms with E-state index in [1.807, 2.05) is 12.3 Å². The predicted octanol–water partition coefficient (Wildman–Crippen LogP) is 2.20. The molecule has 2 aliphatic rings. The predicted molar refractivity (Wildman–Crippen MR) is 104 cm³/mol. The van der Waals surface area contributed by atoms with Crippen LogP contribution in [0.15, 0.2) is 42.6 Å². The van der Waals surface area contributed by atoms with E-state index in [9.17, 15) is 0 Å². The Morgan fingerprint density at radius 3 is 2.35 bits per heavy atom. The summed E-state index contributed by atoms with van der Waals surface area (Å²) in [6.07, 6.45) is 1.88. The monoisotopic (exact) mass is 353 g/mol. The zero-order chi connectivity index (χ0) is 17.8. The minimum Gasteiger partial charge on any atom is -0.378 e. The highest BCUT2D eigenvalue weighted by molar-refractivity contribution is 5.44. The first-order valence-corrected chi connectivity index (χ1v) is 9.51. The van der Waals surface area contributed by atoms with E-state index in [-0.39, 0.29) is 0 Å². The molecule has 1 atom stereocenters. The van der Waals surface area contributed by atoms with Gasteiger partial charge in [-0.05, 0) is 18.6 Å². The molecule has 3 heterocycles. The van der Waals surface area contributed by atoms with Crippen LogP contribution in [0.5, 0.6) is 0 Å². The van der Waals surface area contributed by atoms with Crippen LogP contribution in [0.4, 0.5) is 11.8 Å². The average molecular weight is 353 g/mol. The summed E-state index contributed by atoms with van der Waals surface area (Å²) >= 11 is 0. The Bertz CT molecular complexity index is 696. The molecule has 0 saturated carbocycles. The number of morpholine rings is 1. The molecular formula is C20H27N5O. The summed E-state index contributed by atoms with van der Waals surface area (Å²) in [6.45, 7) is 9.63. The molecule has 26 heavy (non-hydrogen) atoms. The van der Waals surface area contributed by atoms with Crippen molar-refractivity contribution in [1.29, 1.82) is 0 Å². The van der Waals surface area contributed by atoms with Gasteiger partial charge in [-0.25, -0.2) is 4.98 Å². The summed E-state index contributed by atoms with van der Waals surface area (Å²) in [6, 6.07) is 13.2. The molecule has 0 radical (unpaired) electrons. The summed E-state index contributed by atoms with van der Waals surface area (Å²) in [5, 5.41) is 0. The fourth-order valence-corrected chi connectivity index (χ4v) is 3.71. The van der Waals surface area contributed by atoms with Crippen LogP contribution < -0.4 is 9.80 Å². The molecule has 1 aromatic heterocycles. The summed E-state index contributed by atoms with van der Waals surface area (Å²) in [7, 11) is 0. The van der Waals surface area contributed by atoms with Gasteiger partial charge in [-0.1, -0.05) is 30.3 Å². The van der Waals surface area contributed by atoms with Crippen LogP contribution >= 0.6 is 0 Å². The molecule has 1 aromatic carbocycles. The van der Waals surface area contributed by atoms with Crippen molar-refractivity contribution in [2.24, 2.45) is 0 Å². The first-order valence-electron chi connectivity index (χ1n) is 9.51. The lowest BCUT2D eigenvalue weighted by molar-refractivity contribution is 0.122. The van der Waals surface area contributed by atoms with Crippen LogP contribution in [0, 0.1) is 0 Å². The molecular weight excluding hydrogens is 326 g/mol. The highest BCUT2D eigenvalue weighted by Crippen LogP contribution is 2.23. The molecule has 6 heteroatoms. The lowest BCUT2D eigenvalue weighted by Gasteiger charge is -2.39. The number of rotatable bonds is 4. The minimum absolute atomic E-state index is 0.452. The molecule has 0 amide bonds. The van der Waals surface area contributed by atoms with Crippen molar-refractivity contribution in [3.8, 4) is 0 Å². The quantitative estimate of drug-likeness (QED) is 0.840. The van der Waals surface area contributed by atoms with E-state index in [2.05, 4.69) is 56.9 Å². The summed E-state index contributed by atoms with van der Waals surface area (Å²) in [4.78, 5) is 16.4. The molecule has 0 N–H and O–H groups in total. The van der Waals surface area contributed by atoms with Crippen LogP contribution in [0.2, 0.25) is 0 Å². The van der Waals surface area contributed by atoms with Gasteiger partial charge >= 0.3 is 0 Å². The highest BCUT2D eigenvalue weighted by Gasteiger charge is 2.23. The number of hydrogen-bond donors (Lipinski definition) is 0. The number of hydrogen-bond acceptors (Lipinski definition) is 6. The van der Waals surface area contributed by atoms with Gasteiger partial charge in [0.05, 0.1) is 13.2 Å². The van der Waals surface area contributed by atoms with Crippen molar-refractivity contribution in [2.75, 3.05) is 62.3 Å². The van der Waals surface area contributed by atoms with Gasteiger partial charge in [0.2, 0.25) is 5.95 Å². The van der Waals surface area contributed by atoms with Crippen LogP contribution in [0.25, 0.3) is 0 Å². The van der Waals surface area contributed by atoms with Crippen molar-refractivity contribution in [2.45, 2.75) is 13.0 Å². The van der Waals surface area contributed by atoms with E-state index in [0.717, 1.165) is 64.2 Å². The fourth-order valence-electron chi connectivity index (χ4n) is 3.71. The van der Waals surface area contributed by atoms with Gasteiger partial charge in [-0.15, -0.1) is 0 Å². The van der Waals surface area contributed by atoms with Gasteiger partial charge < -0.3 is 14.5 Å². The minimum atomic E-state index is 0.452. The second kappa shape index (κ2) is 8.01. The normalized spacial score (nSPS) is 20.2. The molecule has 0 bridgehead atoms. The van der Waals surface area contributed by atoms with Crippen LogP contribution in [0.1, 0.15) is 18.5 Å². The van der Waals surface area contributed by atoms with Crippen molar-refractivity contribution < 1.29 is 4.74 Å². The van der Waals surface area contributed by atoms with Gasteiger partial charge in [-0.2, -0.15) is 4.98 Å². The second-order valence-electron chi connectivity index (χ2n) is 6.92. The molecule has 2 aliphatic heterocycles. The third kappa shape index (κ3) is 3.81. The van der Waals surface area contributed by atoms with E-state index in [1.54, 1.807) is 0 Å². The van der Waals surface area contributed by atoms with Crippen LogP contribution in [0.3, 0.4) is 0 Å². The number of anilines is 2. The summed E-state index contributed by atoms with van der Waals surface area (Å²) in [5.41, 5.74) is 1.39. The number of benzene rings is 1. The lowest BCUT2D eigenvalue weighted by atomic mass is 10.1. The summed E-state index contributed by atoms with van der Waals surface area (Å²) < 4.78 is 5.43. The molecule has 2 fully saturated rings. The van der Waals surface area contributed by atoms with Crippen LogP contribution in [-0.4, -0.2) is 67.4 Å². The van der Waals surface area contributed by atoms with Crippen molar-refractivity contribution in [1.82, 2.24) is 14.9 Å². The molecule has 138 valence electrons. The Balaban J connectivity index is 1.39. The Hall–Kier alpha value is -2.18. The summed E-state index contributed by atoms with van der Waals surface area (Å²) in [5.74, 6) is 1.86. The standard InChI is InChI=1S/C20H27N5O/c1-17(18-5-3-2-4-6-18)23-9-11-24(12-10-23)19-7-8-21-20(22-19)25-13-15-26-16-14-25/h2-8,17H,9-16H2,1H3.